The van der Waals surface area contributed by atoms with Crippen molar-refractivity contribution in [2.75, 3.05) is 25.6 Å². The molecule has 0 bridgehead atoms. The molecule has 0 saturated carbocycles. The van der Waals surface area contributed by atoms with E-state index in [2.05, 4.69) is 4.98 Å². The van der Waals surface area contributed by atoms with Gasteiger partial charge < -0.3 is 14.7 Å². The van der Waals surface area contributed by atoms with Crippen LogP contribution >= 0.6 is 0 Å². The highest BCUT2D eigenvalue weighted by Crippen LogP contribution is 2.35. The minimum atomic E-state index is -1.13. The lowest BCUT2D eigenvalue weighted by Gasteiger charge is -2.17. The van der Waals surface area contributed by atoms with Crippen molar-refractivity contribution in [3.63, 3.8) is 0 Å². The summed E-state index contributed by atoms with van der Waals surface area (Å²) >= 11 is 0. The van der Waals surface area contributed by atoms with Gasteiger partial charge in [-0.1, -0.05) is 0 Å². The van der Waals surface area contributed by atoms with Gasteiger partial charge in [0.25, 0.3) is 5.91 Å². The summed E-state index contributed by atoms with van der Waals surface area (Å²) in [5.74, 6) is -1.10. The quantitative estimate of drug-likeness (QED) is 0.844. The highest BCUT2D eigenvalue weighted by atomic mass is 16.5. The fourth-order valence-corrected chi connectivity index (χ4v) is 2.87. The van der Waals surface area contributed by atoms with Gasteiger partial charge in [-0.05, 0) is 31.2 Å². The molecule has 1 aromatic heterocycles. The molecular weight excluding hydrogens is 338 g/mol. The summed E-state index contributed by atoms with van der Waals surface area (Å²) in [6.07, 6.45) is 1.50. The fourth-order valence-electron chi connectivity index (χ4n) is 2.87. The topological polar surface area (TPSA) is 100 Å². The maximum Gasteiger partial charge on any atom is 0.336 e. The number of ether oxygens (including phenoxy) is 1. The van der Waals surface area contributed by atoms with Gasteiger partial charge in [0.15, 0.2) is 0 Å². The molecule has 0 atom stereocenters. The smallest absolute Gasteiger partial charge is 0.336 e. The predicted octanol–water partition coefficient (Wildman–Crippen LogP) is 2.16. The second-order valence-corrected chi connectivity index (χ2v) is 5.93. The monoisotopic (exact) mass is 355 g/mol. The van der Waals surface area contributed by atoms with E-state index in [1.807, 2.05) is 0 Å². The molecule has 1 aromatic carbocycles. The number of carbonyl (C=O) groups is 3. The van der Waals surface area contributed by atoms with Crippen molar-refractivity contribution in [2.24, 2.45) is 0 Å². The number of likely N-dealkylation sites (N-methyl/N-ethyl adjacent to an activating group) is 1. The Labute approximate surface area is 149 Å². The van der Waals surface area contributed by atoms with Gasteiger partial charge in [0.1, 0.15) is 12.3 Å². The Bertz CT molecular complexity index is 925. The van der Waals surface area contributed by atoms with Crippen LogP contribution in [0.2, 0.25) is 0 Å². The minimum Gasteiger partial charge on any atom is -0.494 e. The first kappa shape index (κ1) is 17.4. The number of benzene rings is 1. The van der Waals surface area contributed by atoms with E-state index in [-0.39, 0.29) is 18.0 Å². The Morgan fingerprint density at radius 1 is 1.23 bits per heavy atom. The van der Waals surface area contributed by atoms with Crippen LogP contribution in [0.4, 0.5) is 10.5 Å². The maximum absolute atomic E-state index is 12.2. The van der Waals surface area contributed by atoms with Crippen molar-refractivity contribution in [1.82, 2.24) is 9.88 Å². The van der Waals surface area contributed by atoms with Gasteiger partial charge in [0, 0.05) is 23.9 Å². The van der Waals surface area contributed by atoms with Crippen LogP contribution in [0.3, 0.4) is 0 Å². The van der Waals surface area contributed by atoms with Gasteiger partial charge in [-0.2, -0.15) is 0 Å². The van der Waals surface area contributed by atoms with Crippen molar-refractivity contribution in [2.45, 2.75) is 6.92 Å². The normalized spacial score (nSPS) is 14.1. The number of carboxylic acids is 1. The average Bonchev–Trinajstić information content (AvgIpc) is 2.86. The number of aromatic carboxylic acids is 1. The standard InChI is InChI=1S/C18H17N3O5/c1-10-6-14(15(26-3)8-19-10)13-7-11(4-5-12(13)17(23)24)21-16(22)9-20(2)18(21)25/h4-8H,9H2,1-3H3,(H,23,24). The molecule has 8 heteroatoms. The van der Waals surface area contributed by atoms with E-state index < -0.39 is 12.0 Å². The molecule has 1 N–H and O–H groups in total. The lowest BCUT2D eigenvalue weighted by molar-refractivity contribution is -0.116. The number of urea groups is 1. The number of nitrogens with zero attached hydrogens (tertiary/aromatic N) is 3. The average molecular weight is 355 g/mol. The van der Waals surface area contributed by atoms with Crippen molar-refractivity contribution in [1.29, 1.82) is 0 Å². The third-order valence-corrected chi connectivity index (χ3v) is 4.15. The number of carboxylic acid groups (broad SMARTS) is 1. The number of imide groups is 1. The van der Waals surface area contributed by atoms with Gasteiger partial charge >= 0.3 is 12.0 Å². The highest BCUT2D eigenvalue weighted by molar-refractivity contribution is 6.20. The Hall–Kier alpha value is -3.42. The predicted molar refractivity (Wildman–Crippen MR) is 93.4 cm³/mol. The van der Waals surface area contributed by atoms with Gasteiger partial charge in [0.05, 0.1) is 24.6 Å². The summed E-state index contributed by atoms with van der Waals surface area (Å²) in [5.41, 5.74) is 1.88. The SMILES string of the molecule is COc1cnc(C)cc1-c1cc(N2C(=O)CN(C)C2=O)ccc1C(=O)O. The van der Waals surface area contributed by atoms with Gasteiger partial charge in [0.2, 0.25) is 0 Å². The molecule has 1 fully saturated rings. The highest BCUT2D eigenvalue weighted by Gasteiger charge is 2.35. The van der Waals surface area contributed by atoms with E-state index in [0.717, 1.165) is 4.90 Å². The van der Waals surface area contributed by atoms with Crippen LogP contribution in [0, 0.1) is 6.92 Å². The lowest BCUT2D eigenvalue weighted by atomic mass is 9.98. The molecule has 26 heavy (non-hydrogen) atoms. The van der Waals surface area contributed by atoms with Crippen molar-refractivity contribution >= 4 is 23.6 Å². The molecule has 1 saturated heterocycles. The third kappa shape index (κ3) is 2.85. The summed E-state index contributed by atoms with van der Waals surface area (Å²) in [4.78, 5) is 42.6. The first-order valence-corrected chi connectivity index (χ1v) is 7.80. The second-order valence-electron chi connectivity index (χ2n) is 5.93. The van der Waals surface area contributed by atoms with Gasteiger partial charge in [-0.3, -0.25) is 9.78 Å². The zero-order valence-corrected chi connectivity index (χ0v) is 14.5. The number of amides is 3. The Morgan fingerprint density at radius 3 is 2.54 bits per heavy atom. The van der Waals surface area contributed by atoms with Crippen LogP contribution < -0.4 is 9.64 Å². The van der Waals surface area contributed by atoms with Crippen molar-refractivity contribution in [3.8, 4) is 16.9 Å². The number of hydrogen-bond acceptors (Lipinski definition) is 5. The van der Waals surface area contributed by atoms with Crippen LogP contribution in [-0.2, 0) is 4.79 Å². The summed E-state index contributed by atoms with van der Waals surface area (Å²) < 4.78 is 5.30. The Balaban J connectivity index is 2.21. The first-order chi connectivity index (χ1) is 12.3. The molecule has 0 radical (unpaired) electrons. The number of aromatic nitrogens is 1. The van der Waals surface area contributed by atoms with Crippen LogP contribution in [0.1, 0.15) is 16.1 Å². The van der Waals surface area contributed by atoms with Crippen LogP contribution in [0.15, 0.2) is 30.5 Å². The molecule has 1 aliphatic rings. The number of carbonyl (C=O) groups excluding carboxylic acids is 2. The molecule has 2 aromatic rings. The molecule has 3 rings (SSSR count). The van der Waals surface area contributed by atoms with Crippen molar-refractivity contribution in [3.05, 3.63) is 41.7 Å². The van der Waals surface area contributed by atoms with E-state index in [9.17, 15) is 19.5 Å². The minimum absolute atomic E-state index is 0.0213. The van der Waals surface area contributed by atoms with Crippen LogP contribution in [0.25, 0.3) is 11.1 Å². The van der Waals surface area contributed by atoms with E-state index in [1.165, 1.54) is 43.5 Å². The van der Waals surface area contributed by atoms with Crippen LogP contribution in [-0.4, -0.2) is 53.6 Å². The summed E-state index contributed by atoms with van der Waals surface area (Å²) in [5, 5.41) is 9.55. The van der Waals surface area contributed by atoms with Gasteiger partial charge in [-0.25, -0.2) is 14.5 Å². The lowest BCUT2D eigenvalue weighted by Crippen LogP contribution is -2.31. The molecule has 0 spiro atoms. The van der Waals surface area contributed by atoms with E-state index >= 15 is 0 Å². The van der Waals surface area contributed by atoms with E-state index in [0.29, 0.717) is 28.3 Å². The summed E-state index contributed by atoms with van der Waals surface area (Å²) in [7, 11) is 2.99. The number of methoxy groups -OCH3 is 1. The number of hydrogen-bond donors (Lipinski definition) is 1. The summed E-state index contributed by atoms with van der Waals surface area (Å²) in [6, 6.07) is 5.57. The molecule has 3 amide bonds. The fraction of sp³-hybridized carbons (Fsp3) is 0.222. The van der Waals surface area contributed by atoms with E-state index in [4.69, 9.17) is 4.74 Å². The Morgan fingerprint density at radius 2 is 1.96 bits per heavy atom. The maximum atomic E-state index is 12.2. The number of anilines is 1. The molecule has 1 aliphatic heterocycles. The van der Waals surface area contributed by atoms with Crippen LogP contribution in [0.5, 0.6) is 5.75 Å². The molecular formula is C18H17N3O5. The second kappa shape index (κ2) is 6.47. The zero-order valence-electron chi connectivity index (χ0n) is 14.5. The molecule has 0 aliphatic carbocycles. The number of rotatable bonds is 4. The summed E-state index contributed by atoms with van der Waals surface area (Å²) in [6.45, 7) is 1.75. The molecule has 2 heterocycles. The Kier molecular flexibility index (Phi) is 4.33. The van der Waals surface area contributed by atoms with E-state index in [1.54, 1.807) is 13.0 Å². The first-order valence-electron chi connectivity index (χ1n) is 7.80. The largest absolute Gasteiger partial charge is 0.494 e. The van der Waals surface area contributed by atoms with Gasteiger partial charge in [-0.15, -0.1) is 0 Å². The molecule has 134 valence electrons. The molecule has 0 unspecified atom stereocenters. The number of pyridine rings is 1. The third-order valence-electron chi connectivity index (χ3n) is 4.15. The molecule has 8 nitrogen and oxygen atoms in total. The zero-order chi connectivity index (χ0) is 19.0. The van der Waals surface area contributed by atoms with Crippen molar-refractivity contribution < 1.29 is 24.2 Å². The number of aryl methyl sites for hydroxylation is 1.